The Morgan fingerprint density at radius 2 is 2.08 bits per heavy atom. The number of amides is 1. The van der Waals surface area contributed by atoms with Gasteiger partial charge in [-0.05, 0) is 24.5 Å². The first-order valence-corrected chi connectivity index (χ1v) is 9.20. The fourth-order valence-electron chi connectivity index (χ4n) is 3.97. The lowest BCUT2D eigenvalue weighted by Crippen LogP contribution is -2.41. The van der Waals surface area contributed by atoms with Crippen molar-refractivity contribution in [1.29, 1.82) is 0 Å². The van der Waals surface area contributed by atoms with Crippen LogP contribution in [0.5, 0.6) is 0 Å². The Bertz CT molecular complexity index is 697. The minimum atomic E-state index is -0.0260. The number of hydrogen-bond acceptors (Lipinski definition) is 3. The number of aryl methyl sites for hydroxylation is 1. The monoisotopic (exact) mass is 340 g/mol. The molecule has 1 unspecified atom stereocenters. The van der Waals surface area contributed by atoms with Crippen molar-refractivity contribution < 1.29 is 4.79 Å². The molecule has 5 nitrogen and oxygen atoms in total. The van der Waals surface area contributed by atoms with Crippen LogP contribution in [0.25, 0.3) is 0 Å². The van der Waals surface area contributed by atoms with Crippen LogP contribution >= 0.6 is 0 Å². The summed E-state index contributed by atoms with van der Waals surface area (Å²) in [7, 11) is 1.92. The van der Waals surface area contributed by atoms with Crippen LogP contribution < -0.4 is 5.32 Å². The molecule has 1 fully saturated rings. The summed E-state index contributed by atoms with van der Waals surface area (Å²) in [6, 6.07) is 10.5. The lowest BCUT2D eigenvalue weighted by atomic mass is 9.89. The third-order valence-electron chi connectivity index (χ3n) is 5.26. The maximum absolute atomic E-state index is 13.4. The number of hydrogen-bond donors (Lipinski definition) is 1. The van der Waals surface area contributed by atoms with Crippen molar-refractivity contribution in [1.82, 2.24) is 20.0 Å². The van der Waals surface area contributed by atoms with Gasteiger partial charge in [-0.15, -0.1) is 0 Å². The Morgan fingerprint density at radius 3 is 2.68 bits per heavy atom. The summed E-state index contributed by atoms with van der Waals surface area (Å²) in [6.45, 7) is 6.52. The van der Waals surface area contributed by atoms with Gasteiger partial charge in [0, 0.05) is 38.8 Å². The van der Waals surface area contributed by atoms with Crippen LogP contribution in [0.2, 0.25) is 0 Å². The number of nitrogens with one attached hydrogen (secondary N) is 1. The highest BCUT2D eigenvalue weighted by atomic mass is 16.2. The van der Waals surface area contributed by atoms with Crippen molar-refractivity contribution >= 4 is 5.91 Å². The van der Waals surface area contributed by atoms with E-state index in [2.05, 4.69) is 41.3 Å². The average Bonchev–Trinajstić information content (AvgIpc) is 3.28. The predicted octanol–water partition coefficient (Wildman–Crippen LogP) is 2.72. The Labute approximate surface area is 150 Å². The number of carbonyl (C=O) groups is 1. The van der Waals surface area contributed by atoms with E-state index >= 15 is 0 Å². The lowest BCUT2D eigenvalue weighted by Gasteiger charge is -2.34. The highest BCUT2D eigenvalue weighted by Crippen LogP contribution is 2.33. The quantitative estimate of drug-likeness (QED) is 0.880. The lowest BCUT2D eigenvalue weighted by molar-refractivity contribution is -0.137. The zero-order valence-electron chi connectivity index (χ0n) is 15.4. The number of rotatable bonds is 6. The number of carbonyl (C=O) groups excluding carboxylic acids is 1. The Kier molecular flexibility index (Phi) is 5.53. The van der Waals surface area contributed by atoms with Gasteiger partial charge in [-0.25, -0.2) is 0 Å². The highest BCUT2D eigenvalue weighted by Gasteiger charge is 2.38. The van der Waals surface area contributed by atoms with Crippen molar-refractivity contribution in [2.75, 3.05) is 19.6 Å². The average molecular weight is 340 g/mol. The Balaban J connectivity index is 1.83. The summed E-state index contributed by atoms with van der Waals surface area (Å²) < 4.78 is 1.81. The van der Waals surface area contributed by atoms with Gasteiger partial charge in [0.05, 0.1) is 18.2 Å². The highest BCUT2D eigenvalue weighted by molar-refractivity contribution is 5.81. The van der Waals surface area contributed by atoms with Crippen molar-refractivity contribution in [3.8, 4) is 0 Å². The van der Waals surface area contributed by atoms with Gasteiger partial charge in [0.15, 0.2) is 0 Å². The van der Waals surface area contributed by atoms with Crippen molar-refractivity contribution in [2.24, 2.45) is 13.0 Å². The molecule has 134 valence electrons. The molecule has 1 aliphatic rings. The van der Waals surface area contributed by atoms with Crippen LogP contribution in [-0.2, 0) is 11.8 Å². The zero-order chi connectivity index (χ0) is 17.8. The van der Waals surface area contributed by atoms with Gasteiger partial charge in [-0.1, -0.05) is 37.3 Å². The second-order valence-corrected chi connectivity index (χ2v) is 6.78. The molecule has 0 radical (unpaired) electrons. The molecular formula is C20H28N4O. The fraction of sp³-hybridized carbons (Fsp3) is 0.500. The summed E-state index contributed by atoms with van der Waals surface area (Å²) in [5.41, 5.74) is 2.36. The summed E-state index contributed by atoms with van der Waals surface area (Å²) in [4.78, 5) is 15.5. The second-order valence-electron chi connectivity index (χ2n) is 6.78. The smallest absolute Gasteiger partial charge is 0.228 e. The topological polar surface area (TPSA) is 50.2 Å². The van der Waals surface area contributed by atoms with Crippen LogP contribution in [0, 0.1) is 5.92 Å². The van der Waals surface area contributed by atoms with Crippen molar-refractivity contribution in [3.05, 3.63) is 53.9 Å². The van der Waals surface area contributed by atoms with E-state index in [9.17, 15) is 4.79 Å². The van der Waals surface area contributed by atoms with Gasteiger partial charge in [-0.3, -0.25) is 9.48 Å². The molecule has 5 heteroatoms. The third-order valence-corrected chi connectivity index (χ3v) is 5.26. The van der Waals surface area contributed by atoms with E-state index in [4.69, 9.17) is 0 Å². The van der Waals surface area contributed by atoms with Gasteiger partial charge in [0.1, 0.15) is 0 Å². The molecule has 3 atom stereocenters. The zero-order valence-corrected chi connectivity index (χ0v) is 15.4. The molecule has 25 heavy (non-hydrogen) atoms. The van der Waals surface area contributed by atoms with Gasteiger partial charge in [-0.2, -0.15) is 5.10 Å². The first kappa shape index (κ1) is 17.7. The molecule has 1 aromatic heterocycles. The van der Waals surface area contributed by atoms with E-state index in [0.29, 0.717) is 0 Å². The van der Waals surface area contributed by atoms with E-state index in [1.165, 1.54) is 5.56 Å². The molecule has 1 amide bonds. The van der Waals surface area contributed by atoms with Gasteiger partial charge < -0.3 is 10.2 Å². The largest absolute Gasteiger partial charge is 0.336 e. The predicted molar refractivity (Wildman–Crippen MR) is 99.2 cm³/mol. The van der Waals surface area contributed by atoms with Crippen LogP contribution in [0.3, 0.4) is 0 Å². The molecule has 2 aromatic rings. The van der Waals surface area contributed by atoms with Crippen LogP contribution in [0.15, 0.2) is 42.7 Å². The SMILES string of the molecule is CCC(c1ccccc1)N(CC)C(=O)[C@H]1CNC[C@@H]1c1cnn(C)c1. The molecule has 2 heterocycles. The van der Waals surface area contributed by atoms with Crippen LogP contribution in [0.4, 0.5) is 0 Å². The molecule has 3 rings (SSSR count). The maximum Gasteiger partial charge on any atom is 0.228 e. The van der Waals surface area contributed by atoms with E-state index in [-0.39, 0.29) is 23.8 Å². The number of nitrogens with zero attached hydrogens (tertiary/aromatic N) is 3. The van der Waals surface area contributed by atoms with Crippen molar-refractivity contribution in [3.63, 3.8) is 0 Å². The van der Waals surface area contributed by atoms with E-state index in [1.54, 1.807) is 0 Å². The third kappa shape index (κ3) is 3.61. The van der Waals surface area contributed by atoms with Crippen LogP contribution in [-0.4, -0.2) is 40.2 Å². The van der Waals surface area contributed by atoms with Crippen LogP contribution in [0.1, 0.15) is 43.4 Å². The maximum atomic E-state index is 13.4. The normalized spacial score (nSPS) is 21.2. The standard InChI is InChI=1S/C20H28N4O/c1-4-19(15-9-7-6-8-10-15)24(5-2)20(25)18-13-21-12-17(18)16-11-22-23(3)14-16/h6-11,14,17-19,21H,4-5,12-13H2,1-3H3/t17-,18+,19?/m1/s1. The van der Waals surface area contributed by atoms with Crippen molar-refractivity contribution in [2.45, 2.75) is 32.2 Å². The number of aromatic nitrogens is 2. The summed E-state index contributed by atoms with van der Waals surface area (Å²) >= 11 is 0. The van der Waals surface area contributed by atoms with E-state index in [0.717, 1.165) is 31.6 Å². The minimum absolute atomic E-state index is 0.0260. The van der Waals surface area contributed by atoms with E-state index in [1.807, 2.05) is 42.3 Å². The van der Waals surface area contributed by atoms with Gasteiger partial charge >= 0.3 is 0 Å². The molecule has 1 aromatic carbocycles. The number of benzene rings is 1. The summed E-state index contributed by atoms with van der Waals surface area (Å²) in [5, 5.41) is 7.69. The molecule has 0 spiro atoms. The summed E-state index contributed by atoms with van der Waals surface area (Å²) in [5.74, 6) is 0.419. The Morgan fingerprint density at radius 1 is 1.32 bits per heavy atom. The first-order chi connectivity index (χ1) is 12.2. The minimum Gasteiger partial charge on any atom is -0.336 e. The fourth-order valence-corrected chi connectivity index (χ4v) is 3.97. The van der Waals surface area contributed by atoms with Gasteiger partial charge in [0.2, 0.25) is 5.91 Å². The van der Waals surface area contributed by atoms with Gasteiger partial charge in [0.25, 0.3) is 0 Å². The molecule has 0 saturated carbocycles. The molecule has 1 saturated heterocycles. The molecule has 0 bridgehead atoms. The molecule has 1 aliphatic heterocycles. The molecule has 0 aliphatic carbocycles. The second kappa shape index (κ2) is 7.83. The Hall–Kier alpha value is -2.14. The molecular weight excluding hydrogens is 312 g/mol. The molecule has 1 N–H and O–H groups in total. The summed E-state index contributed by atoms with van der Waals surface area (Å²) in [6.07, 6.45) is 4.84. The first-order valence-electron chi connectivity index (χ1n) is 9.20. The van der Waals surface area contributed by atoms with E-state index < -0.39 is 0 Å².